The molecule has 0 aliphatic carbocycles. The minimum Gasteiger partial charge on any atom is -0.252 e. The van der Waals surface area contributed by atoms with Crippen LogP contribution in [0.5, 0.6) is 0 Å². The van der Waals surface area contributed by atoms with Gasteiger partial charge in [0.2, 0.25) is 0 Å². The highest BCUT2D eigenvalue weighted by atomic mass is 14.7. The highest BCUT2D eigenvalue weighted by molar-refractivity contribution is 6.17. The van der Waals surface area contributed by atoms with Gasteiger partial charge < -0.3 is 0 Å². The van der Waals surface area contributed by atoms with Gasteiger partial charge in [0.05, 0.1) is 5.69 Å². The number of fused-ring (bicyclic) bond motifs is 5. The van der Waals surface area contributed by atoms with E-state index in [1.165, 1.54) is 59.8 Å². The Kier molecular flexibility index (Phi) is 5.08. The van der Waals surface area contributed by atoms with Crippen molar-refractivity contribution in [1.82, 2.24) is 4.98 Å². The molecule has 0 atom stereocenters. The van der Waals surface area contributed by atoms with E-state index in [0.29, 0.717) is 0 Å². The van der Waals surface area contributed by atoms with Crippen molar-refractivity contribution < 1.29 is 0 Å². The monoisotopic (exact) mass is 471 g/mol. The summed E-state index contributed by atoms with van der Waals surface area (Å²) >= 11 is 0. The van der Waals surface area contributed by atoms with Crippen LogP contribution < -0.4 is 0 Å². The van der Waals surface area contributed by atoms with Gasteiger partial charge in [-0.15, -0.1) is 0 Å². The second-order valence-electron chi connectivity index (χ2n) is 9.69. The van der Waals surface area contributed by atoms with Crippen LogP contribution in [0.25, 0.3) is 66.5 Å². The minimum absolute atomic E-state index is 1.02. The molecule has 37 heavy (non-hydrogen) atoms. The molecular weight excluding hydrogens is 446 g/mol. The fourth-order valence-corrected chi connectivity index (χ4v) is 5.53. The Morgan fingerprint density at radius 2 is 1.14 bits per heavy atom. The predicted octanol–water partition coefficient (Wildman–Crippen LogP) is 9.84. The molecule has 0 bridgehead atoms. The zero-order valence-electron chi connectivity index (χ0n) is 20.6. The molecule has 7 aromatic rings. The summed E-state index contributed by atoms with van der Waals surface area (Å²) in [7, 11) is 0. The maximum atomic E-state index is 5.19. The van der Waals surface area contributed by atoms with Crippen LogP contribution in [0.2, 0.25) is 0 Å². The number of hydrogen-bond donors (Lipinski definition) is 0. The topological polar surface area (TPSA) is 12.9 Å². The molecule has 0 fully saturated rings. The van der Waals surface area contributed by atoms with E-state index in [1.807, 2.05) is 0 Å². The average molecular weight is 472 g/mol. The highest BCUT2D eigenvalue weighted by Gasteiger charge is 2.16. The molecule has 1 heteroatoms. The zero-order valence-corrected chi connectivity index (χ0v) is 20.6. The summed E-state index contributed by atoms with van der Waals surface area (Å²) in [6.07, 6.45) is 4.46. The van der Waals surface area contributed by atoms with Gasteiger partial charge >= 0.3 is 0 Å². The third-order valence-electron chi connectivity index (χ3n) is 7.28. The first-order valence-electron chi connectivity index (χ1n) is 12.7. The van der Waals surface area contributed by atoms with Crippen molar-refractivity contribution in [3.63, 3.8) is 0 Å². The van der Waals surface area contributed by atoms with E-state index in [9.17, 15) is 0 Å². The molecule has 0 aliphatic rings. The Hall–Kier alpha value is -4.75. The number of hydrogen-bond acceptors (Lipinski definition) is 1. The quantitative estimate of drug-likeness (QED) is 0.185. The first-order valence-corrected chi connectivity index (χ1v) is 12.7. The van der Waals surface area contributed by atoms with Crippen molar-refractivity contribution in [3.8, 4) is 11.3 Å². The van der Waals surface area contributed by atoms with E-state index in [1.54, 1.807) is 0 Å². The molecule has 1 aromatic heterocycles. The maximum Gasteiger partial charge on any atom is 0.0802 e. The number of rotatable bonds is 3. The van der Waals surface area contributed by atoms with Crippen LogP contribution >= 0.6 is 0 Å². The van der Waals surface area contributed by atoms with E-state index in [4.69, 9.17) is 4.98 Å². The summed E-state index contributed by atoms with van der Waals surface area (Å²) in [6.45, 7) is 2.09. The first-order chi connectivity index (χ1) is 18.2. The Labute approximate surface area is 216 Å². The lowest BCUT2D eigenvalue weighted by molar-refractivity contribution is 1.23. The van der Waals surface area contributed by atoms with Crippen LogP contribution in [0.1, 0.15) is 16.8 Å². The number of benzene rings is 6. The minimum atomic E-state index is 1.02. The van der Waals surface area contributed by atoms with E-state index in [-0.39, 0.29) is 0 Å². The molecule has 0 aliphatic heterocycles. The van der Waals surface area contributed by atoms with Crippen molar-refractivity contribution in [2.45, 2.75) is 6.92 Å². The molecule has 174 valence electrons. The number of aromatic nitrogens is 1. The number of pyridine rings is 1. The molecule has 0 N–H and O–H groups in total. The van der Waals surface area contributed by atoms with Gasteiger partial charge in [-0.2, -0.15) is 0 Å². The number of aryl methyl sites for hydroxylation is 1. The standard InChI is InChI=1S/C36H25N/c1-24-22-31-21-19-28-10-5-7-13-33(28)35(31)36(37-24)34-29(20-18-27-9-4-6-12-32(27)34)17-15-25-14-16-26-8-2-3-11-30(26)23-25/h2-23H,1H3/b17-15+. The van der Waals surface area contributed by atoms with Crippen molar-refractivity contribution >= 4 is 55.2 Å². The zero-order chi connectivity index (χ0) is 24.8. The molecule has 0 saturated heterocycles. The van der Waals surface area contributed by atoms with Crippen LogP contribution in [-0.4, -0.2) is 4.98 Å². The van der Waals surface area contributed by atoms with E-state index in [0.717, 1.165) is 11.4 Å². The van der Waals surface area contributed by atoms with Gasteiger partial charge in [0.15, 0.2) is 0 Å². The van der Waals surface area contributed by atoms with E-state index >= 15 is 0 Å². The lowest BCUT2D eigenvalue weighted by Crippen LogP contribution is -1.95. The normalized spacial score (nSPS) is 11.8. The molecule has 7 rings (SSSR count). The second kappa shape index (κ2) is 8.72. The van der Waals surface area contributed by atoms with Crippen LogP contribution in [0.4, 0.5) is 0 Å². The van der Waals surface area contributed by atoms with Crippen LogP contribution in [0, 0.1) is 6.92 Å². The van der Waals surface area contributed by atoms with E-state index < -0.39 is 0 Å². The van der Waals surface area contributed by atoms with Gasteiger partial charge in [0.25, 0.3) is 0 Å². The summed E-state index contributed by atoms with van der Waals surface area (Å²) in [5.74, 6) is 0. The molecule has 1 heterocycles. The summed E-state index contributed by atoms with van der Waals surface area (Å²) in [5, 5.41) is 9.84. The molecular formula is C36H25N. The Morgan fingerprint density at radius 3 is 1.97 bits per heavy atom. The lowest BCUT2D eigenvalue weighted by atomic mass is 9.91. The molecule has 1 nitrogen and oxygen atoms in total. The molecule has 0 unspecified atom stereocenters. The largest absolute Gasteiger partial charge is 0.252 e. The van der Waals surface area contributed by atoms with Gasteiger partial charge in [0.1, 0.15) is 0 Å². The maximum absolute atomic E-state index is 5.19. The van der Waals surface area contributed by atoms with Gasteiger partial charge in [-0.3, -0.25) is 4.98 Å². The van der Waals surface area contributed by atoms with Gasteiger partial charge in [-0.25, -0.2) is 0 Å². The van der Waals surface area contributed by atoms with Crippen molar-refractivity contribution in [3.05, 3.63) is 138 Å². The average Bonchev–Trinajstić information content (AvgIpc) is 2.95. The van der Waals surface area contributed by atoms with Gasteiger partial charge in [0, 0.05) is 16.6 Å². The molecule has 0 saturated carbocycles. The summed E-state index contributed by atoms with van der Waals surface area (Å²) in [4.78, 5) is 5.19. The molecule has 0 spiro atoms. The fourth-order valence-electron chi connectivity index (χ4n) is 5.53. The van der Waals surface area contributed by atoms with Gasteiger partial charge in [-0.1, -0.05) is 121 Å². The Balaban J connectivity index is 1.51. The summed E-state index contributed by atoms with van der Waals surface area (Å²) in [5.41, 5.74) is 5.60. The molecule has 0 radical (unpaired) electrons. The molecule has 6 aromatic carbocycles. The van der Waals surface area contributed by atoms with Crippen molar-refractivity contribution in [2.24, 2.45) is 0 Å². The van der Waals surface area contributed by atoms with E-state index in [2.05, 4.69) is 140 Å². The molecule has 0 amide bonds. The SMILES string of the molecule is Cc1cc2ccc3ccccc3c2c(-c2c(/C=C/c3ccc4ccccc4c3)ccc3ccccc23)n1. The number of nitrogens with zero attached hydrogens (tertiary/aromatic N) is 1. The van der Waals surface area contributed by atoms with Gasteiger partial charge in [-0.05, 0) is 67.9 Å². The fraction of sp³-hybridized carbons (Fsp3) is 0.0278. The second-order valence-corrected chi connectivity index (χ2v) is 9.69. The first kappa shape index (κ1) is 21.5. The van der Waals surface area contributed by atoms with Crippen molar-refractivity contribution in [1.29, 1.82) is 0 Å². The van der Waals surface area contributed by atoms with Crippen LogP contribution in [-0.2, 0) is 0 Å². The van der Waals surface area contributed by atoms with Crippen LogP contribution in [0.3, 0.4) is 0 Å². The third kappa shape index (κ3) is 3.77. The Bertz CT molecular complexity index is 1990. The summed E-state index contributed by atoms with van der Waals surface area (Å²) < 4.78 is 0. The summed E-state index contributed by atoms with van der Waals surface area (Å²) in [6, 6.07) is 43.5. The third-order valence-corrected chi connectivity index (χ3v) is 7.28. The predicted molar refractivity (Wildman–Crippen MR) is 160 cm³/mol. The smallest absolute Gasteiger partial charge is 0.0802 e. The Morgan fingerprint density at radius 1 is 0.514 bits per heavy atom. The van der Waals surface area contributed by atoms with Crippen LogP contribution in [0.15, 0.2) is 121 Å². The highest BCUT2D eigenvalue weighted by Crippen LogP contribution is 2.39. The lowest BCUT2D eigenvalue weighted by Gasteiger charge is -2.15. The van der Waals surface area contributed by atoms with Crippen molar-refractivity contribution in [2.75, 3.05) is 0 Å².